The van der Waals surface area contributed by atoms with Crippen LogP contribution in [-0.4, -0.2) is 40.8 Å². The van der Waals surface area contributed by atoms with Gasteiger partial charge in [-0.2, -0.15) is 20.7 Å². The Labute approximate surface area is 254 Å². The van der Waals surface area contributed by atoms with Gasteiger partial charge in [-0.3, -0.25) is 5.10 Å². The largest absolute Gasteiger partial charge is 0.496 e. The van der Waals surface area contributed by atoms with Gasteiger partial charge in [0.1, 0.15) is 22.9 Å². The fraction of sp³-hybridized carbons (Fsp3) is 0.200. The monoisotopic (exact) mass is 582 g/mol. The number of H-pyrrole nitrogens is 1. The van der Waals surface area contributed by atoms with Crippen LogP contribution in [0.2, 0.25) is 0 Å². The molecule has 0 spiro atoms. The van der Waals surface area contributed by atoms with E-state index in [-0.39, 0.29) is 6.23 Å². The minimum Gasteiger partial charge on any atom is -0.496 e. The van der Waals surface area contributed by atoms with Gasteiger partial charge in [-0.15, -0.1) is 0 Å². The van der Waals surface area contributed by atoms with Crippen molar-refractivity contribution in [3.8, 4) is 46.2 Å². The lowest BCUT2D eigenvalue weighted by Crippen LogP contribution is -2.19. The van der Waals surface area contributed by atoms with Gasteiger partial charge in [0.25, 0.3) is 0 Å². The standard InChI is InChI=1S/C20H19N3O2.C15H11N3O/c1-24-18-7-3-2-6-15(18)20-16-12-14(13-21)9-10-17(16)23(22-20)19-8-4-5-11-25-19;1-19-14-5-3-2-4-11(14)15-12-8-10(9-16)6-7-13(12)17-18-15/h2-3,6-7,9-10,12,19H,4-5,8,11H2,1H3;2-8H,1H3,(H,17,18). The number of methoxy groups -OCH3 is 2. The second-order valence-electron chi connectivity index (χ2n) is 10.3. The summed E-state index contributed by atoms with van der Waals surface area (Å²) in [4.78, 5) is 0. The Bertz CT molecular complexity index is 2020. The Balaban J connectivity index is 0.000000162. The highest BCUT2D eigenvalue weighted by Gasteiger charge is 2.23. The average Bonchev–Trinajstić information content (AvgIpc) is 3.70. The quantitative estimate of drug-likeness (QED) is 0.225. The second kappa shape index (κ2) is 12.7. The van der Waals surface area contributed by atoms with E-state index in [1.54, 1.807) is 20.3 Å². The molecule has 1 aliphatic rings. The number of aromatic nitrogens is 4. The summed E-state index contributed by atoms with van der Waals surface area (Å²) < 4.78 is 18.8. The third-order valence-corrected chi connectivity index (χ3v) is 7.68. The number of rotatable bonds is 5. The summed E-state index contributed by atoms with van der Waals surface area (Å²) in [7, 11) is 3.29. The Morgan fingerprint density at radius 1 is 0.795 bits per heavy atom. The molecule has 0 amide bonds. The zero-order valence-electron chi connectivity index (χ0n) is 24.4. The minimum atomic E-state index is -0.0624. The number of fused-ring (bicyclic) bond motifs is 2. The highest BCUT2D eigenvalue weighted by atomic mass is 16.5. The molecule has 1 N–H and O–H groups in total. The summed E-state index contributed by atoms with van der Waals surface area (Å²) in [5, 5.41) is 32.3. The van der Waals surface area contributed by atoms with Crippen molar-refractivity contribution in [3.63, 3.8) is 0 Å². The van der Waals surface area contributed by atoms with Crippen LogP contribution in [0.3, 0.4) is 0 Å². The molecule has 0 aliphatic carbocycles. The number of ether oxygens (including phenoxy) is 3. The molecule has 9 nitrogen and oxygen atoms in total. The molecule has 4 aromatic carbocycles. The molecule has 2 aromatic heterocycles. The van der Waals surface area contributed by atoms with E-state index in [0.29, 0.717) is 11.1 Å². The molecule has 218 valence electrons. The topological polar surface area (TPSA) is 122 Å². The van der Waals surface area contributed by atoms with Gasteiger partial charge >= 0.3 is 0 Å². The third kappa shape index (κ3) is 5.45. The van der Waals surface area contributed by atoms with Gasteiger partial charge in [-0.1, -0.05) is 24.3 Å². The lowest BCUT2D eigenvalue weighted by molar-refractivity contribution is -0.0365. The SMILES string of the molecule is COc1ccccc1-c1n[nH]c2ccc(C#N)cc12.COc1ccccc1-c1nn(C2CCCCO2)c2ccc(C#N)cc12. The Kier molecular flexibility index (Phi) is 8.22. The van der Waals surface area contributed by atoms with Crippen LogP contribution in [0.25, 0.3) is 44.3 Å². The molecule has 6 aromatic rings. The van der Waals surface area contributed by atoms with Crippen LogP contribution in [-0.2, 0) is 4.74 Å². The van der Waals surface area contributed by atoms with Crippen LogP contribution in [0, 0.1) is 22.7 Å². The highest BCUT2D eigenvalue weighted by Crippen LogP contribution is 2.37. The first-order valence-corrected chi connectivity index (χ1v) is 14.3. The van der Waals surface area contributed by atoms with Crippen LogP contribution < -0.4 is 9.47 Å². The molecule has 44 heavy (non-hydrogen) atoms. The fourth-order valence-electron chi connectivity index (χ4n) is 5.52. The van der Waals surface area contributed by atoms with Crippen molar-refractivity contribution in [1.82, 2.24) is 20.0 Å². The average molecular weight is 583 g/mol. The van der Waals surface area contributed by atoms with E-state index in [4.69, 9.17) is 24.6 Å². The van der Waals surface area contributed by atoms with Gasteiger partial charge in [-0.25, -0.2) is 4.68 Å². The van der Waals surface area contributed by atoms with Gasteiger partial charge in [0.15, 0.2) is 6.23 Å². The molecule has 3 heterocycles. The second-order valence-corrected chi connectivity index (χ2v) is 10.3. The maximum atomic E-state index is 9.29. The van der Waals surface area contributed by atoms with Crippen molar-refractivity contribution in [2.24, 2.45) is 0 Å². The lowest BCUT2D eigenvalue weighted by Gasteiger charge is -2.23. The van der Waals surface area contributed by atoms with Crippen molar-refractivity contribution in [2.75, 3.05) is 20.8 Å². The predicted octanol–water partition coefficient (Wildman–Crippen LogP) is 7.39. The summed E-state index contributed by atoms with van der Waals surface area (Å²) in [5.74, 6) is 1.53. The van der Waals surface area contributed by atoms with Crippen LogP contribution in [0.4, 0.5) is 0 Å². The van der Waals surface area contributed by atoms with Crippen LogP contribution in [0.15, 0.2) is 84.9 Å². The third-order valence-electron chi connectivity index (χ3n) is 7.68. The van der Waals surface area contributed by atoms with Gasteiger partial charge in [0.05, 0.1) is 48.5 Å². The molecule has 0 radical (unpaired) electrons. The van der Waals surface area contributed by atoms with E-state index in [9.17, 15) is 5.26 Å². The Morgan fingerprint density at radius 3 is 2.07 bits per heavy atom. The van der Waals surface area contributed by atoms with Crippen molar-refractivity contribution in [1.29, 1.82) is 10.5 Å². The van der Waals surface area contributed by atoms with E-state index in [1.807, 2.05) is 83.5 Å². The normalized spacial score (nSPS) is 14.3. The Morgan fingerprint density at radius 2 is 1.43 bits per heavy atom. The van der Waals surface area contributed by atoms with E-state index in [1.165, 1.54) is 0 Å². The first kappa shape index (κ1) is 28.5. The number of para-hydroxylation sites is 2. The van der Waals surface area contributed by atoms with Crippen LogP contribution in [0.1, 0.15) is 36.6 Å². The number of benzene rings is 4. The predicted molar refractivity (Wildman–Crippen MR) is 168 cm³/mol. The van der Waals surface area contributed by atoms with Crippen LogP contribution in [0.5, 0.6) is 11.5 Å². The fourth-order valence-corrected chi connectivity index (χ4v) is 5.52. The van der Waals surface area contributed by atoms with E-state index < -0.39 is 0 Å². The molecule has 7 rings (SSSR count). The minimum absolute atomic E-state index is 0.0624. The van der Waals surface area contributed by atoms with Crippen molar-refractivity contribution in [2.45, 2.75) is 25.5 Å². The summed E-state index contributed by atoms with van der Waals surface area (Å²) in [6, 6.07) is 31.0. The molecule has 0 bridgehead atoms. The summed E-state index contributed by atoms with van der Waals surface area (Å²) in [6.45, 7) is 0.756. The smallest absolute Gasteiger partial charge is 0.150 e. The van der Waals surface area contributed by atoms with Crippen molar-refractivity contribution < 1.29 is 14.2 Å². The first-order valence-electron chi connectivity index (χ1n) is 14.3. The molecule has 1 saturated heterocycles. The molecule has 0 saturated carbocycles. The maximum Gasteiger partial charge on any atom is 0.150 e. The number of nitrogens with one attached hydrogen (secondary N) is 1. The Hall–Kier alpha value is -5.64. The summed E-state index contributed by atoms with van der Waals surface area (Å²) in [6.07, 6.45) is 3.11. The molecule has 1 aliphatic heterocycles. The zero-order valence-corrected chi connectivity index (χ0v) is 24.4. The van der Waals surface area contributed by atoms with E-state index in [0.717, 1.165) is 81.7 Å². The first-order chi connectivity index (χ1) is 21.6. The van der Waals surface area contributed by atoms with Gasteiger partial charge in [-0.05, 0) is 79.9 Å². The molecule has 1 fully saturated rings. The molecule has 1 atom stereocenters. The molecule has 9 heteroatoms. The van der Waals surface area contributed by atoms with Gasteiger partial charge in [0.2, 0.25) is 0 Å². The van der Waals surface area contributed by atoms with Crippen molar-refractivity contribution in [3.05, 3.63) is 96.1 Å². The van der Waals surface area contributed by atoms with Gasteiger partial charge < -0.3 is 14.2 Å². The summed E-state index contributed by atoms with van der Waals surface area (Å²) >= 11 is 0. The number of aromatic amines is 1. The van der Waals surface area contributed by atoms with E-state index >= 15 is 0 Å². The van der Waals surface area contributed by atoms with Gasteiger partial charge in [0, 0.05) is 28.5 Å². The molecule has 1 unspecified atom stereocenters. The zero-order chi connectivity index (χ0) is 30.5. The van der Waals surface area contributed by atoms with E-state index in [2.05, 4.69) is 22.3 Å². The van der Waals surface area contributed by atoms with Crippen LogP contribution >= 0.6 is 0 Å². The number of hydrogen-bond acceptors (Lipinski definition) is 7. The highest BCUT2D eigenvalue weighted by molar-refractivity contribution is 5.96. The van der Waals surface area contributed by atoms with Crippen molar-refractivity contribution >= 4 is 21.8 Å². The number of nitrogens with zero attached hydrogens (tertiary/aromatic N) is 5. The summed E-state index contributed by atoms with van der Waals surface area (Å²) in [5.41, 5.74) is 6.55. The molecular formula is C35H30N6O3. The molecular weight excluding hydrogens is 552 g/mol. The lowest BCUT2D eigenvalue weighted by atomic mass is 10.0. The number of hydrogen-bond donors (Lipinski definition) is 1. The number of nitriles is 2. The maximum absolute atomic E-state index is 9.29.